The maximum Gasteiger partial charge on any atom is 0.170 e. The normalized spacial score (nSPS) is 23.7. The molecule has 2 fully saturated rings. The molecule has 1 saturated carbocycles. The number of thiocarbonyl (C=S) groups is 1. The van der Waals surface area contributed by atoms with E-state index in [0.29, 0.717) is 6.04 Å². The van der Waals surface area contributed by atoms with Crippen molar-refractivity contribution in [2.45, 2.75) is 71.0 Å². The summed E-state index contributed by atoms with van der Waals surface area (Å²) in [6.45, 7) is 7.63. The highest BCUT2D eigenvalue weighted by atomic mass is 32.1. The zero-order chi connectivity index (χ0) is 19.0. The van der Waals surface area contributed by atoms with Crippen molar-refractivity contribution >= 4 is 17.3 Å². The number of nitrogens with one attached hydrogen (secondary N) is 1. The third-order valence-corrected chi connectivity index (χ3v) is 6.67. The van der Waals surface area contributed by atoms with E-state index in [1.165, 1.54) is 49.1 Å². The molecule has 1 saturated heterocycles. The molecular weight excluding hydrogens is 352 g/mol. The van der Waals surface area contributed by atoms with Gasteiger partial charge < -0.3 is 14.8 Å². The van der Waals surface area contributed by atoms with Gasteiger partial charge in [-0.25, -0.2) is 0 Å². The Hall–Kier alpha value is -1.88. The fourth-order valence-electron chi connectivity index (χ4n) is 5.09. The van der Waals surface area contributed by atoms with Crippen LogP contribution in [0.2, 0.25) is 0 Å². The summed E-state index contributed by atoms with van der Waals surface area (Å²) in [4.78, 5) is 6.95. The maximum absolute atomic E-state index is 5.68. The number of rotatable bonds is 4. The quantitative estimate of drug-likeness (QED) is 0.755. The van der Waals surface area contributed by atoms with Gasteiger partial charge in [-0.1, -0.05) is 25.3 Å². The Morgan fingerprint density at radius 1 is 1.19 bits per heavy atom. The van der Waals surface area contributed by atoms with Crippen molar-refractivity contribution in [3.63, 3.8) is 0 Å². The molecule has 0 amide bonds. The molecule has 4 rings (SSSR count). The second-order valence-corrected chi connectivity index (χ2v) is 8.29. The Morgan fingerprint density at radius 3 is 2.63 bits per heavy atom. The molecule has 5 heteroatoms. The minimum Gasteiger partial charge on any atom is -0.352 e. The van der Waals surface area contributed by atoms with Crippen LogP contribution in [0.4, 0.5) is 0 Å². The second kappa shape index (κ2) is 7.63. The molecule has 0 bridgehead atoms. The molecule has 3 heterocycles. The van der Waals surface area contributed by atoms with Gasteiger partial charge in [-0.05, 0) is 69.6 Å². The Balaban J connectivity index is 1.76. The number of aromatic nitrogens is 2. The third-order valence-electron chi connectivity index (χ3n) is 6.32. The van der Waals surface area contributed by atoms with Crippen molar-refractivity contribution in [2.24, 2.45) is 0 Å². The van der Waals surface area contributed by atoms with Crippen molar-refractivity contribution in [2.75, 3.05) is 6.54 Å². The van der Waals surface area contributed by atoms with E-state index in [-0.39, 0.29) is 12.1 Å². The van der Waals surface area contributed by atoms with Gasteiger partial charge in [0.1, 0.15) is 0 Å². The van der Waals surface area contributed by atoms with Gasteiger partial charge in [0.15, 0.2) is 5.11 Å². The Kier molecular flexibility index (Phi) is 5.22. The first-order chi connectivity index (χ1) is 13.1. The molecule has 2 aliphatic rings. The molecule has 2 atom stereocenters. The lowest BCUT2D eigenvalue weighted by atomic mass is 9.94. The molecule has 0 aromatic carbocycles. The van der Waals surface area contributed by atoms with Crippen LogP contribution in [0.3, 0.4) is 0 Å². The summed E-state index contributed by atoms with van der Waals surface area (Å²) in [5, 5.41) is 4.37. The number of nitrogens with zero attached hydrogens (tertiary/aromatic N) is 3. The first kappa shape index (κ1) is 18.5. The van der Waals surface area contributed by atoms with Crippen molar-refractivity contribution in [3.05, 3.63) is 53.1 Å². The van der Waals surface area contributed by atoms with Crippen LogP contribution in [0.5, 0.6) is 0 Å². The molecule has 4 nitrogen and oxygen atoms in total. The summed E-state index contributed by atoms with van der Waals surface area (Å²) >= 11 is 5.68. The van der Waals surface area contributed by atoms with E-state index >= 15 is 0 Å². The predicted octanol–water partition coefficient (Wildman–Crippen LogP) is 5.00. The summed E-state index contributed by atoms with van der Waals surface area (Å²) < 4.78 is 2.60. The second-order valence-electron chi connectivity index (χ2n) is 7.90. The zero-order valence-corrected chi connectivity index (χ0v) is 17.4. The zero-order valence-electron chi connectivity index (χ0n) is 16.6. The lowest BCUT2D eigenvalue weighted by molar-refractivity contribution is 0.323. The topological polar surface area (TPSA) is 33.1 Å². The first-order valence-corrected chi connectivity index (χ1v) is 10.7. The van der Waals surface area contributed by atoms with E-state index in [0.717, 1.165) is 17.4 Å². The fraction of sp³-hybridized carbons (Fsp3) is 0.545. The fourth-order valence-corrected chi connectivity index (χ4v) is 5.46. The summed E-state index contributed by atoms with van der Waals surface area (Å²) in [6.07, 6.45) is 8.57. The largest absolute Gasteiger partial charge is 0.352 e. The van der Waals surface area contributed by atoms with E-state index in [9.17, 15) is 0 Å². The Morgan fingerprint density at radius 2 is 1.96 bits per heavy atom. The molecule has 0 radical (unpaired) electrons. The van der Waals surface area contributed by atoms with Crippen molar-refractivity contribution in [3.8, 4) is 0 Å². The van der Waals surface area contributed by atoms with Gasteiger partial charge in [0.2, 0.25) is 0 Å². The van der Waals surface area contributed by atoms with Gasteiger partial charge in [-0.2, -0.15) is 0 Å². The van der Waals surface area contributed by atoms with E-state index < -0.39 is 0 Å². The molecule has 1 N–H and O–H groups in total. The highest BCUT2D eigenvalue weighted by Crippen LogP contribution is 2.42. The molecule has 2 aromatic rings. The summed E-state index contributed by atoms with van der Waals surface area (Å²) in [6, 6.07) is 9.47. The van der Waals surface area contributed by atoms with E-state index in [2.05, 4.69) is 58.7 Å². The minimum atomic E-state index is 0.0963. The molecule has 1 aliphatic heterocycles. The number of pyridine rings is 1. The van der Waals surface area contributed by atoms with Gasteiger partial charge in [-0.3, -0.25) is 4.98 Å². The van der Waals surface area contributed by atoms with Crippen molar-refractivity contribution in [1.82, 2.24) is 19.8 Å². The summed E-state index contributed by atoms with van der Waals surface area (Å²) in [5.41, 5.74) is 5.23. The Labute approximate surface area is 168 Å². The van der Waals surface area contributed by atoms with Crippen molar-refractivity contribution < 1.29 is 0 Å². The van der Waals surface area contributed by atoms with Crippen LogP contribution in [-0.2, 0) is 0 Å². The van der Waals surface area contributed by atoms with E-state index in [1.54, 1.807) is 0 Å². The van der Waals surface area contributed by atoms with Crippen LogP contribution in [0.25, 0.3) is 0 Å². The SMILES string of the molecule is CCN1C(=S)N[C@H](c2ccccn2)[C@@H]1c1cc(C)n(C2CCCCC2)c1C. The van der Waals surface area contributed by atoms with Crippen LogP contribution in [0.15, 0.2) is 30.5 Å². The molecular formula is C22H30N4S. The minimum absolute atomic E-state index is 0.0963. The smallest absolute Gasteiger partial charge is 0.170 e. The van der Waals surface area contributed by atoms with Crippen LogP contribution in [0.1, 0.15) is 79.8 Å². The monoisotopic (exact) mass is 382 g/mol. The van der Waals surface area contributed by atoms with Gasteiger partial charge in [0.05, 0.1) is 17.8 Å². The highest BCUT2D eigenvalue weighted by molar-refractivity contribution is 7.80. The molecule has 0 unspecified atom stereocenters. The average Bonchev–Trinajstić information content (AvgIpc) is 3.18. The van der Waals surface area contributed by atoms with Gasteiger partial charge >= 0.3 is 0 Å². The van der Waals surface area contributed by atoms with Crippen LogP contribution < -0.4 is 5.32 Å². The predicted molar refractivity (Wildman–Crippen MR) is 114 cm³/mol. The molecule has 2 aromatic heterocycles. The van der Waals surface area contributed by atoms with Crippen LogP contribution >= 0.6 is 12.2 Å². The van der Waals surface area contributed by atoms with Gasteiger partial charge in [-0.15, -0.1) is 0 Å². The molecule has 0 spiro atoms. The maximum atomic E-state index is 5.68. The third kappa shape index (κ3) is 3.27. The van der Waals surface area contributed by atoms with E-state index in [4.69, 9.17) is 12.2 Å². The molecule has 27 heavy (non-hydrogen) atoms. The average molecular weight is 383 g/mol. The molecule has 144 valence electrons. The number of likely N-dealkylation sites (N-methyl/N-ethyl adjacent to an activating group) is 1. The van der Waals surface area contributed by atoms with Gasteiger partial charge in [0.25, 0.3) is 0 Å². The lowest BCUT2D eigenvalue weighted by Crippen LogP contribution is -2.29. The summed E-state index contributed by atoms with van der Waals surface area (Å²) in [5.74, 6) is 0. The number of hydrogen-bond acceptors (Lipinski definition) is 2. The first-order valence-electron chi connectivity index (χ1n) is 10.3. The molecule has 1 aliphatic carbocycles. The van der Waals surface area contributed by atoms with Crippen LogP contribution in [0, 0.1) is 13.8 Å². The highest BCUT2D eigenvalue weighted by Gasteiger charge is 2.40. The van der Waals surface area contributed by atoms with Gasteiger partial charge in [0, 0.05) is 30.2 Å². The number of hydrogen-bond donors (Lipinski definition) is 1. The lowest BCUT2D eigenvalue weighted by Gasteiger charge is -2.29. The number of aryl methyl sites for hydroxylation is 1. The van der Waals surface area contributed by atoms with Crippen molar-refractivity contribution in [1.29, 1.82) is 0 Å². The van der Waals surface area contributed by atoms with Crippen LogP contribution in [-0.4, -0.2) is 26.1 Å². The standard InChI is InChI=1S/C22H30N4S/c1-4-25-21(20(24-22(25)27)19-12-8-9-13-23-19)18-14-15(2)26(16(18)3)17-10-6-5-7-11-17/h8-9,12-14,17,20-21H,4-7,10-11H2,1-3H3,(H,24,27)/t20-,21+/m1/s1. The van der Waals surface area contributed by atoms with E-state index in [1.807, 2.05) is 12.3 Å². The summed E-state index contributed by atoms with van der Waals surface area (Å²) in [7, 11) is 0. The Bertz CT molecular complexity index is 807.